The number of aliphatic hydroxyl groups excluding tert-OH is 1. The molecule has 0 saturated carbocycles. The molecule has 1 N–H and O–H groups in total. The van der Waals surface area contributed by atoms with Crippen molar-refractivity contribution in [1.82, 2.24) is 0 Å². The molecule has 0 aromatic heterocycles. The van der Waals surface area contributed by atoms with Gasteiger partial charge in [-0.2, -0.15) is 0 Å². The highest BCUT2D eigenvalue weighted by Gasteiger charge is 2.38. The van der Waals surface area contributed by atoms with Crippen molar-refractivity contribution < 1.29 is 9.29 Å². The van der Waals surface area contributed by atoms with Crippen LogP contribution in [0.2, 0.25) is 0 Å². The second-order valence-electron chi connectivity index (χ2n) is 3.41. The Morgan fingerprint density at radius 2 is 2.36 bits per heavy atom. The second-order valence-corrected chi connectivity index (χ2v) is 4.70. The van der Waals surface area contributed by atoms with Crippen LogP contribution >= 0.6 is 12.0 Å². The Kier molecular flexibility index (Phi) is 2.84. The molecule has 2 nitrogen and oxygen atoms in total. The maximum atomic E-state index is 9.70. The van der Waals surface area contributed by atoms with Gasteiger partial charge in [0, 0.05) is 18.5 Å². The fraction of sp³-hybridized carbons (Fsp3) is 1.00. The van der Waals surface area contributed by atoms with E-state index in [0.29, 0.717) is 0 Å². The van der Waals surface area contributed by atoms with Crippen LogP contribution in [0.5, 0.6) is 0 Å². The van der Waals surface area contributed by atoms with E-state index >= 15 is 0 Å². The van der Waals surface area contributed by atoms with Gasteiger partial charge in [0.25, 0.3) is 0 Å². The zero-order valence-electron chi connectivity index (χ0n) is 7.33. The number of aliphatic hydroxyl groups is 1. The lowest BCUT2D eigenvalue weighted by molar-refractivity contribution is 0.0582. The van der Waals surface area contributed by atoms with Gasteiger partial charge in [0.15, 0.2) is 0 Å². The molecule has 0 unspecified atom stereocenters. The van der Waals surface area contributed by atoms with Gasteiger partial charge in [-0.05, 0) is 20.3 Å². The first-order valence-electron chi connectivity index (χ1n) is 4.11. The molecular weight excluding hydrogens is 160 g/mol. The van der Waals surface area contributed by atoms with E-state index in [4.69, 9.17) is 4.18 Å². The van der Waals surface area contributed by atoms with Crippen molar-refractivity contribution in [2.75, 3.05) is 0 Å². The third kappa shape index (κ3) is 1.89. The Bertz CT molecular complexity index is 140. The lowest BCUT2D eigenvalue weighted by Crippen LogP contribution is -2.42. The van der Waals surface area contributed by atoms with Crippen LogP contribution in [0, 0.1) is 0 Å². The molecule has 1 saturated heterocycles. The summed E-state index contributed by atoms with van der Waals surface area (Å²) in [4.78, 5) is 0. The molecule has 0 aliphatic carbocycles. The van der Waals surface area contributed by atoms with Crippen LogP contribution < -0.4 is 0 Å². The minimum absolute atomic E-state index is 0.0908. The summed E-state index contributed by atoms with van der Waals surface area (Å²) in [6.07, 6.45) is 1.68. The fourth-order valence-electron chi connectivity index (χ4n) is 1.15. The van der Waals surface area contributed by atoms with Crippen LogP contribution in [0.25, 0.3) is 0 Å². The monoisotopic (exact) mass is 176 g/mol. The van der Waals surface area contributed by atoms with Gasteiger partial charge >= 0.3 is 0 Å². The summed E-state index contributed by atoms with van der Waals surface area (Å²) in [7, 11) is 0. The predicted molar refractivity (Wildman–Crippen MR) is 47.5 cm³/mol. The summed E-state index contributed by atoms with van der Waals surface area (Å²) in [5, 5.41) is 9.70. The van der Waals surface area contributed by atoms with E-state index in [-0.39, 0.29) is 17.0 Å². The van der Waals surface area contributed by atoms with Crippen molar-refractivity contribution in [3.63, 3.8) is 0 Å². The zero-order chi connectivity index (χ0) is 8.48. The highest BCUT2D eigenvalue weighted by Crippen LogP contribution is 2.40. The summed E-state index contributed by atoms with van der Waals surface area (Å²) in [6.45, 7) is 6.12. The maximum Gasteiger partial charge on any atom is 0.0731 e. The van der Waals surface area contributed by atoms with Gasteiger partial charge < -0.3 is 9.29 Å². The van der Waals surface area contributed by atoms with Crippen molar-refractivity contribution in [2.24, 2.45) is 0 Å². The van der Waals surface area contributed by atoms with Crippen molar-refractivity contribution in [1.29, 1.82) is 0 Å². The summed E-state index contributed by atoms with van der Waals surface area (Å²) >= 11 is 1.43. The van der Waals surface area contributed by atoms with Gasteiger partial charge in [-0.1, -0.05) is 6.92 Å². The molecule has 1 aliphatic rings. The minimum atomic E-state index is -0.221. The van der Waals surface area contributed by atoms with Gasteiger partial charge in [-0.25, -0.2) is 0 Å². The summed E-state index contributed by atoms with van der Waals surface area (Å²) in [5.74, 6) is 0. The molecule has 1 heterocycles. The van der Waals surface area contributed by atoms with Crippen molar-refractivity contribution in [2.45, 2.75) is 50.6 Å². The Morgan fingerprint density at radius 3 is 2.82 bits per heavy atom. The van der Waals surface area contributed by atoms with Crippen LogP contribution in [0.15, 0.2) is 0 Å². The topological polar surface area (TPSA) is 29.5 Å². The van der Waals surface area contributed by atoms with Gasteiger partial charge in [-0.15, -0.1) is 0 Å². The average Bonchev–Trinajstić information content (AvgIpc) is 1.98. The van der Waals surface area contributed by atoms with Crippen LogP contribution in [0.1, 0.15) is 33.6 Å². The van der Waals surface area contributed by atoms with Gasteiger partial charge in [0.2, 0.25) is 0 Å². The molecule has 1 rings (SSSR count). The first kappa shape index (κ1) is 9.36. The summed E-state index contributed by atoms with van der Waals surface area (Å²) in [6, 6.07) is 0. The Labute approximate surface area is 72.5 Å². The predicted octanol–water partition coefficient (Wildman–Crippen LogP) is 1.97. The van der Waals surface area contributed by atoms with E-state index in [0.717, 1.165) is 12.8 Å². The zero-order valence-corrected chi connectivity index (χ0v) is 8.15. The first-order chi connectivity index (χ1) is 5.08. The highest BCUT2D eigenvalue weighted by molar-refractivity contribution is 7.96. The van der Waals surface area contributed by atoms with Crippen molar-refractivity contribution in [3.8, 4) is 0 Å². The molecule has 1 fully saturated rings. The van der Waals surface area contributed by atoms with Crippen molar-refractivity contribution >= 4 is 12.0 Å². The van der Waals surface area contributed by atoms with E-state index in [1.54, 1.807) is 0 Å². The Balaban J connectivity index is 2.56. The molecule has 11 heavy (non-hydrogen) atoms. The second kappa shape index (κ2) is 3.33. The molecule has 0 aromatic rings. The smallest absolute Gasteiger partial charge is 0.0731 e. The van der Waals surface area contributed by atoms with Crippen LogP contribution in [0.3, 0.4) is 0 Å². The number of hydrogen-bond donors (Lipinski definition) is 1. The normalized spacial score (nSPS) is 45.8. The number of rotatable bonds is 1. The molecule has 0 radical (unpaired) electrons. The molecule has 0 aromatic carbocycles. The quantitative estimate of drug-likeness (QED) is 0.619. The third-order valence-corrected chi connectivity index (χ3v) is 3.73. The lowest BCUT2D eigenvalue weighted by atomic mass is 9.96. The number of hydrogen-bond acceptors (Lipinski definition) is 3. The molecule has 0 bridgehead atoms. The van der Waals surface area contributed by atoms with Gasteiger partial charge in [0.1, 0.15) is 0 Å². The SMILES string of the molecule is CC[C@]1(C)SO[C@H](C)C[C@H]1O. The standard InChI is InChI=1S/C8H16O2S/c1-4-8(3)7(9)5-6(2)10-11-8/h6-7,9H,4-5H2,1-3H3/t6-,7-,8+/m1/s1. The molecule has 0 spiro atoms. The largest absolute Gasteiger partial charge is 0.392 e. The molecule has 3 atom stereocenters. The van der Waals surface area contributed by atoms with E-state index in [2.05, 4.69) is 6.92 Å². The first-order valence-corrected chi connectivity index (χ1v) is 4.85. The van der Waals surface area contributed by atoms with E-state index < -0.39 is 0 Å². The average molecular weight is 176 g/mol. The van der Waals surface area contributed by atoms with Crippen LogP contribution in [-0.4, -0.2) is 22.1 Å². The third-order valence-electron chi connectivity index (χ3n) is 2.36. The summed E-state index contributed by atoms with van der Waals surface area (Å²) < 4.78 is 5.32. The molecular formula is C8H16O2S. The van der Waals surface area contributed by atoms with E-state index in [1.165, 1.54) is 12.0 Å². The maximum absolute atomic E-state index is 9.70. The fourth-order valence-corrected chi connectivity index (χ4v) is 1.93. The molecule has 66 valence electrons. The summed E-state index contributed by atoms with van der Waals surface area (Å²) in [5.41, 5.74) is 0. The highest BCUT2D eigenvalue weighted by atomic mass is 32.2. The van der Waals surface area contributed by atoms with Crippen molar-refractivity contribution in [3.05, 3.63) is 0 Å². The van der Waals surface area contributed by atoms with Gasteiger partial charge in [0.05, 0.1) is 17.0 Å². The Hall–Kier alpha value is 0.270. The van der Waals surface area contributed by atoms with Crippen LogP contribution in [0.4, 0.5) is 0 Å². The van der Waals surface area contributed by atoms with Gasteiger partial charge in [-0.3, -0.25) is 0 Å². The van der Waals surface area contributed by atoms with E-state index in [9.17, 15) is 5.11 Å². The Morgan fingerprint density at radius 1 is 1.73 bits per heavy atom. The molecule has 1 aliphatic heterocycles. The minimum Gasteiger partial charge on any atom is -0.392 e. The molecule has 0 amide bonds. The van der Waals surface area contributed by atoms with Crippen LogP contribution in [-0.2, 0) is 4.18 Å². The van der Waals surface area contributed by atoms with E-state index in [1.807, 2.05) is 13.8 Å². The molecule has 3 heteroatoms. The lowest BCUT2D eigenvalue weighted by Gasteiger charge is -2.38.